The summed E-state index contributed by atoms with van der Waals surface area (Å²) in [5.41, 5.74) is 0. The van der Waals surface area contributed by atoms with E-state index in [-0.39, 0.29) is 6.10 Å². The fourth-order valence-electron chi connectivity index (χ4n) is 3.66. The van der Waals surface area contributed by atoms with Gasteiger partial charge in [0.2, 0.25) is 0 Å². The third-order valence-electron chi connectivity index (χ3n) is 4.81. The number of unbranched alkanes of at least 4 members (excludes halogenated alkanes) is 3. The molecular formula is C16H36FN2OP. The van der Waals surface area contributed by atoms with E-state index in [0.717, 1.165) is 32.6 Å². The molecule has 5 heteroatoms. The molecule has 0 bridgehead atoms. The van der Waals surface area contributed by atoms with Crippen molar-refractivity contribution in [3.63, 3.8) is 0 Å². The van der Waals surface area contributed by atoms with Crippen LogP contribution < -0.4 is 0 Å². The summed E-state index contributed by atoms with van der Waals surface area (Å²) >= 11 is 0. The molecule has 3 nitrogen and oxygen atoms in total. The van der Waals surface area contributed by atoms with Gasteiger partial charge < -0.3 is 0 Å². The molecular weight excluding hydrogens is 286 g/mol. The second-order valence-corrected chi connectivity index (χ2v) is 9.76. The second-order valence-electron chi connectivity index (χ2n) is 6.04. The predicted octanol–water partition coefficient (Wildman–Crippen LogP) is 5.22. The fourth-order valence-corrected chi connectivity index (χ4v) is 8.49. The quantitative estimate of drug-likeness (QED) is 0.383. The van der Waals surface area contributed by atoms with Crippen molar-refractivity contribution in [2.45, 2.75) is 72.8 Å². The van der Waals surface area contributed by atoms with Gasteiger partial charge in [-0.15, -0.1) is 0 Å². The second kappa shape index (κ2) is 8.19. The van der Waals surface area contributed by atoms with Crippen molar-refractivity contribution in [3.05, 3.63) is 0 Å². The van der Waals surface area contributed by atoms with Gasteiger partial charge in [-0.2, -0.15) is 0 Å². The van der Waals surface area contributed by atoms with Crippen LogP contribution >= 0.6 is 7.44 Å². The maximum absolute atomic E-state index is 16.2. The molecule has 1 heterocycles. The van der Waals surface area contributed by atoms with Crippen molar-refractivity contribution in [1.82, 2.24) is 9.34 Å². The third kappa shape index (κ3) is 3.77. The van der Waals surface area contributed by atoms with E-state index in [0.29, 0.717) is 6.16 Å². The molecule has 1 atom stereocenters. The van der Waals surface area contributed by atoms with E-state index >= 15 is 4.20 Å². The van der Waals surface area contributed by atoms with Gasteiger partial charge in [-0.25, -0.2) is 0 Å². The van der Waals surface area contributed by atoms with Crippen molar-refractivity contribution in [2.24, 2.45) is 0 Å². The molecule has 0 aromatic heterocycles. The maximum atomic E-state index is 16.2. The van der Waals surface area contributed by atoms with E-state index in [1.807, 2.05) is 37.0 Å². The first kappa shape index (κ1) is 19.3. The SMILES string of the molecule is CCCCCCC1CP(F)(N(CC)CC)(N(CC)CC)O1. The van der Waals surface area contributed by atoms with Crippen molar-refractivity contribution < 1.29 is 8.72 Å². The van der Waals surface area contributed by atoms with Gasteiger partial charge in [-0.05, 0) is 0 Å². The molecule has 0 N–H and O–H groups in total. The van der Waals surface area contributed by atoms with E-state index in [2.05, 4.69) is 6.92 Å². The summed E-state index contributed by atoms with van der Waals surface area (Å²) in [5, 5.41) is 0. The first-order valence-electron chi connectivity index (χ1n) is 8.92. The number of rotatable bonds is 11. The normalized spacial score (nSPS) is 25.5. The average molecular weight is 322 g/mol. The summed E-state index contributed by atoms with van der Waals surface area (Å²) < 4.78 is 26.3. The minimum absolute atomic E-state index is 0.130. The minimum atomic E-state index is -3.75. The van der Waals surface area contributed by atoms with Crippen LogP contribution in [0.2, 0.25) is 0 Å². The molecule has 128 valence electrons. The van der Waals surface area contributed by atoms with Gasteiger partial charge >= 0.3 is 131 Å². The van der Waals surface area contributed by atoms with Gasteiger partial charge in [-0.3, -0.25) is 0 Å². The van der Waals surface area contributed by atoms with Crippen LogP contribution in [0.4, 0.5) is 4.20 Å². The van der Waals surface area contributed by atoms with Crippen LogP contribution in [0.5, 0.6) is 0 Å². The van der Waals surface area contributed by atoms with Gasteiger partial charge in [0, 0.05) is 0 Å². The summed E-state index contributed by atoms with van der Waals surface area (Å²) in [4.78, 5) is 0. The Morgan fingerprint density at radius 1 is 0.905 bits per heavy atom. The first-order chi connectivity index (χ1) is 9.99. The van der Waals surface area contributed by atoms with Crippen molar-refractivity contribution in [2.75, 3.05) is 32.3 Å². The van der Waals surface area contributed by atoms with Gasteiger partial charge in [0.1, 0.15) is 0 Å². The van der Waals surface area contributed by atoms with Crippen LogP contribution in [0.25, 0.3) is 0 Å². The molecule has 21 heavy (non-hydrogen) atoms. The standard InChI is InChI=1S/C16H36FN2OP/c1-6-11-12-13-14-16-15-21(17,20-16,18(7-2)8-3)19(9-4)10-5/h16H,6-15H2,1-5H3. The van der Waals surface area contributed by atoms with E-state index < -0.39 is 7.44 Å². The Morgan fingerprint density at radius 2 is 1.38 bits per heavy atom. The molecule has 0 spiro atoms. The molecule has 0 amide bonds. The number of hydrogen-bond donors (Lipinski definition) is 0. The van der Waals surface area contributed by atoms with E-state index in [1.165, 1.54) is 25.7 Å². The average Bonchev–Trinajstić information content (AvgIpc) is 2.44. The zero-order valence-electron chi connectivity index (χ0n) is 14.8. The summed E-state index contributed by atoms with van der Waals surface area (Å²) in [6, 6.07) is 0. The number of nitrogens with zero attached hydrogens (tertiary/aromatic N) is 2. The number of hydrogen-bond acceptors (Lipinski definition) is 3. The van der Waals surface area contributed by atoms with Crippen molar-refractivity contribution >= 4 is 7.44 Å². The van der Waals surface area contributed by atoms with E-state index in [9.17, 15) is 0 Å². The molecule has 1 rings (SSSR count). The molecule has 1 unspecified atom stereocenters. The Labute approximate surface area is 131 Å². The molecule has 0 aromatic rings. The monoisotopic (exact) mass is 322 g/mol. The predicted molar refractivity (Wildman–Crippen MR) is 92.4 cm³/mol. The molecule has 1 aliphatic rings. The Balaban J connectivity index is 2.71. The Kier molecular flexibility index (Phi) is 7.52. The topological polar surface area (TPSA) is 15.7 Å². The van der Waals surface area contributed by atoms with Crippen molar-refractivity contribution in [3.8, 4) is 0 Å². The molecule has 1 saturated heterocycles. The zero-order chi connectivity index (χ0) is 16.0. The number of halogens is 1. The first-order valence-corrected chi connectivity index (χ1v) is 11.1. The summed E-state index contributed by atoms with van der Waals surface area (Å²) in [6.45, 7) is 13.3. The van der Waals surface area contributed by atoms with Crippen LogP contribution in [-0.4, -0.2) is 47.8 Å². The van der Waals surface area contributed by atoms with E-state index in [1.54, 1.807) is 0 Å². The third-order valence-corrected chi connectivity index (χ3v) is 9.87. The molecule has 1 aliphatic heterocycles. The molecule has 0 radical (unpaired) electrons. The summed E-state index contributed by atoms with van der Waals surface area (Å²) in [7, 11) is -3.75. The molecule has 0 aliphatic carbocycles. The van der Waals surface area contributed by atoms with Crippen LogP contribution in [0.1, 0.15) is 66.7 Å². The van der Waals surface area contributed by atoms with Crippen molar-refractivity contribution in [1.29, 1.82) is 0 Å². The van der Waals surface area contributed by atoms with Gasteiger partial charge in [0.05, 0.1) is 0 Å². The van der Waals surface area contributed by atoms with Crippen LogP contribution in [0.15, 0.2) is 0 Å². The fraction of sp³-hybridized carbons (Fsp3) is 1.00. The van der Waals surface area contributed by atoms with Gasteiger partial charge in [0.15, 0.2) is 0 Å². The Morgan fingerprint density at radius 3 is 1.76 bits per heavy atom. The van der Waals surface area contributed by atoms with Crippen LogP contribution in [0, 0.1) is 0 Å². The molecule has 1 fully saturated rings. The zero-order valence-corrected chi connectivity index (χ0v) is 15.7. The molecule has 0 saturated carbocycles. The van der Waals surface area contributed by atoms with Gasteiger partial charge in [-0.1, -0.05) is 0 Å². The molecule has 0 aromatic carbocycles. The van der Waals surface area contributed by atoms with E-state index in [4.69, 9.17) is 4.52 Å². The van der Waals surface area contributed by atoms with Crippen LogP contribution in [0.3, 0.4) is 0 Å². The summed E-state index contributed by atoms with van der Waals surface area (Å²) in [6.07, 6.45) is 6.69. The Bertz CT molecular complexity index is 287. The van der Waals surface area contributed by atoms with Gasteiger partial charge in [0.25, 0.3) is 0 Å². The Hall–Kier alpha value is 0.240. The summed E-state index contributed by atoms with van der Waals surface area (Å²) in [5.74, 6) is 0. The van der Waals surface area contributed by atoms with Crippen LogP contribution in [-0.2, 0) is 4.52 Å².